The van der Waals surface area contributed by atoms with E-state index in [1.165, 1.54) is 0 Å². The van der Waals surface area contributed by atoms with Crippen LogP contribution >= 0.6 is 11.6 Å². The second-order valence-electron chi connectivity index (χ2n) is 6.60. The van der Waals surface area contributed by atoms with Gasteiger partial charge in [0.15, 0.2) is 5.15 Å². The number of aromatic amines is 1. The third-order valence-electron chi connectivity index (χ3n) is 4.83. The first-order valence-corrected chi connectivity index (χ1v) is 9.24. The van der Waals surface area contributed by atoms with Gasteiger partial charge in [-0.25, -0.2) is 9.78 Å². The topological polar surface area (TPSA) is 63.6 Å². The lowest BCUT2D eigenvalue weighted by atomic mass is 10.0. The Kier molecular flexibility index (Phi) is 3.95. The molecule has 0 saturated carbocycles. The molecule has 0 spiro atoms. The molecule has 0 aliphatic carbocycles. The van der Waals surface area contributed by atoms with Crippen LogP contribution in [-0.2, 0) is 6.54 Å². The monoisotopic (exact) mass is 386 g/mol. The van der Waals surface area contributed by atoms with E-state index in [4.69, 9.17) is 11.6 Å². The lowest BCUT2D eigenvalue weighted by Gasteiger charge is -2.09. The Morgan fingerprint density at radius 2 is 1.86 bits per heavy atom. The van der Waals surface area contributed by atoms with Crippen LogP contribution in [0.2, 0.25) is 5.15 Å². The summed E-state index contributed by atoms with van der Waals surface area (Å²) in [5, 5.41) is 1.19. The number of fused-ring (bicyclic) bond motifs is 3. The van der Waals surface area contributed by atoms with E-state index in [0.29, 0.717) is 17.2 Å². The minimum atomic E-state index is -0.207. The molecule has 0 fully saturated rings. The molecule has 3 aromatic heterocycles. The first kappa shape index (κ1) is 16.7. The van der Waals surface area contributed by atoms with Crippen molar-refractivity contribution in [3.63, 3.8) is 0 Å². The molecule has 3 heterocycles. The number of rotatable bonds is 3. The van der Waals surface area contributed by atoms with Gasteiger partial charge in [0.1, 0.15) is 5.52 Å². The first-order chi connectivity index (χ1) is 13.7. The van der Waals surface area contributed by atoms with Crippen molar-refractivity contribution in [3.8, 4) is 11.1 Å². The molecule has 6 heteroatoms. The summed E-state index contributed by atoms with van der Waals surface area (Å²) in [6, 6.07) is 19.7. The zero-order chi connectivity index (χ0) is 19.1. The number of aromatic nitrogens is 4. The molecule has 0 bridgehead atoms. The number of hydrogen-bond donors (Lipinski definition) is 1. The van der Waals surface area contributed by atoms with Crippen LogP contribution in [0.5, 0.6) is 0 Å². The predicted octanol–water partition coefficient (Wildman–Crippen LogP) is 4.64. The van der Waals surface area contributed by atoms with E-state index >= 15 is 0 Å². The van der Waals surface area contributed by atoms with Crippen LogP contribution in [0.1, 0.15) is 5.56 Å². The lowest BCUT2D eigenvalue weighted by molar-refractivity contribution is 0.789. The lowest BCUT2D eigenvalue weighted by Crippen LogP contribution is -2.17. The van der Waals surface area contributed by atoms with Gasteiger partial charge in [0.2, 0.25) is 0 Å². The van der Waals surface area contributed by atoms with Gasteiger partial charge in [0.05, 0.1) is 17.6 Å². The summed E-state index contributed by atoms with van der Waals surface area (Å²) in [7, 11) is 0. The van der Waals surface area contributed by atoms with E-state index in [0.717, 1.165) is 33.1 Å². The summed E-state index contributed by atoms with van der Waals surface area (Å²) in [6.45, 7) is 0.428. The first-order valence-electron chi connectivity index (χ1n) is 8.87. The zero-order valence-corrected chi connectivity index (χ0v) is 15.5. The largest absolute Gasteiger partial charge is 0.326 e. The normalized spacial score (nSPS) is 11.3. The Hall–Kier alpha value is -3.44. The number of nitrogens with one attached hydrogen (secondary N) is 1. The number of halogens is 1. The molecule has 0 saturated heterocycles. The summed E-state index contributed by atoms with van der Waals surface area (Å²) < 4.78 is 1.72. The summed E-state index contributed by atoms with van der Waals surface area (Å²) in [6.07, 6.45) is 3.58. The van der Waals surface area contributed by atoms with E-state index in [1.807, 2.05) is 60.8 Å². The van der Waals surface area contributed by atoms with Crippen molar-refractivity contribution < 1.29 is 0 Å². The highest BCUT2D eigenvalue weighted by atomic mass is 35.5. The van der Waals surface area contributed by atoms with Gasteiger partial charge in [0, 0.05) is 17.8 Å². The number of nitrogens with zero attached hydrogens (tertiary/aromatic N) is 3. The Morgan fingerprint density at radius 1 is 1.00 bits per heavy atom. The fourth-order valence-electron chi connectivity index (χ4n) is 3.55. The van der Waals surface area contributed by atoms with Crippen LogP contribution < -0.4 is 5.69 Å². The second-order valence-corrected chi connectivity index (χ2v) is 6.96. The van der Waals surface area contributed by atoms with Crippen molar-refractivity contribution in [3.05, 3.63) is 94.3 Å². The second kappa shape index (κ2) is 6.62. The maximum atomic E-state index is 12.7. The maximum absolute atomic E-state index is 12.7. The molecule has 1 N–H and O–H groups in total. The summed E-state index contributed by atoms with van der Waals surface area (Å²) in [5.41, 5.74) is 5.00. The number of hydrogen-bond acceptors (Lipinski definition) is 3. The molecule has 5 aromatic rings. The smallest absolute Gasteiger partial charge is 0.303 e. The number of imidazole rings is 1. The van der Waals surface area contributed by atoms with Crippen LogP contribution in [0.25, 0.3) is 33.1 Å². The van der Waals surface area contributed by atoms with Gasteiger partial charge >= 0.3 is 5.69 Å². The van der Waals surface area contributed by atoms with E-state index in [-0.39, 0.29) is 5.69 Å². The third-order valence-corrected chi connectivity index (χ3v) is 5.10. The fraction of sp³-hybridized carbons (Fsp3) is 0.0455. The summed E-state index contributed by atoms with van der Waals surface area (Å²) in [5.74, 6) is 0. The van der Waals surface area contributed by atoms with Crippen LogP contribution in [0.3, 0.4) is 0 Å². The molecule has 0 aliphatic heterocycles. The highest BCUT2D eigenvalue weighted by Gasteiger charge is 2.15. The van der Waals surface area contributed by atoms with Gasteiger partial charge in [-0.05, 0) is 34.9 Å². The van der Waals surface area contributed by atoms with Gasteiger partial charge in [-0.1, -0.05) is 54.1 Å². The molecule has 5 nitrogen and oxygen atoms in total. The van der Waals surface area contributed by atoms with Crippen molar-refractivity contribution in [2.45, 2.75) is 6.54 Å². The SMILES string of the molecule is O=c1[nH]c2c(Cl)nc3ccccc3c2n1Cc1cccc(-c2cccnc2)c1. The molecule has 0 radical (unpaired) electrons. The Bertz CT molecular complexity index is 1370. The summed E-state index contributed by atoms with van der Waals surface area (Å²) in [4.78, 5) is 24.1. The van der Waals surface area contributed by atoms with Gasteiger partial charge in [-0.3, -0.25) is 9.55 Å². The van der Waals surface area contributed by atoms with Gasteiger partial charge in [-0.15, -0.1) is 0 Å². The molecule has 136 valence electrons. The third kappa shape index (κ3) is 2.77. The van der Waals surface area contributed by atoms with Crippen molar-refractivity contribution >= 4 is 33.5 Å². The average Bonchev–Trinajstić information content (AvgIpc) is 3.06. The number of H-pyrrole nitrogens is 1. The number of pyridine rings is 2. The molecule has 0 atom stereocenters. The van der Waals surface area contributed by atoms with Crippen molar-refractivity contribution in [1.29, 1.82) is 0 Å². The maximum Gasteiger partial charge on any atom is 0.326 e. The standard InChI is InChI=1S/C22H15ClN4O/c23-21-19-20(17-8-1-2-9-18(17)25-21)27(22(28)26-19)13-14-5-3-6-15(11-14)16-7-4-10-24-12-16/h1-12H,13H2,(H,26,28). The fourth-order valence-corrected chi connectivity index (χ4v) is 3.78. The van der Waals surface area contributed by atoms with Gasteiger partial charge < -0.3 is 4.98 Å². The number of benzene rings is 2. The molecule has 2 aromatic carbocycles. The minimum absolute atomic E-state index is 0.207. The van der Waals surface area contributed by atoms with Crippen LogP contribution in [0.4, 0.5) is 0 Å². The summed E-state index contributed by atoms with van der Waals surface area (Å²) >= 11 is 6.33. The van der Waals surface area contributed by atoms with E-state index in [2.05, 4.69) is 21.0 Å². The van der Waals surface area contributed by atoms with Crippen LogP contribution in [0, 0.1) is 0 Å². The van der Waals surface area contributed by atoms with Crippen molar-refractivity contribution in [1.82, 2.24) is 19.5 Å². The molecular formula is C22H15ClN4O. The predicted molar refractivity (Wildman–Crippen MR) is 112 cm³/mol. The Balaban J connectivity index is 1.67. The molecule has 5 rings (SSSR count). The molecule has 0 unspecified atom stereocenters. The van der Waals surface area contributed by atoms with Crippen LogP contribution in [-0.4, -0.2) is 19.5 Å². The van der Waals surface area contributed by atoms with Gasteiger partial charge in [0.25, 0.3) is 0 Å². The van der Waals surface area contributed by atoms with Crippen molar-refractivity contribution in [2.75, 3.05) is 0 Å². The highest BCUT2D eigenvalue weighted by Crippen LogP contribution is 2.28. The average molecular weight is 387 g/mol. The molecule has 28 heavy (non-hydrogen) atoms. The zero-order valence-electron chi connectivity index (χ0n) is 14.8. The van der Waals surface area contributed by atoms with Gasteiger partial charge in [-0.2, -0.15) is 0 Å². The molecular weight excluding hydrogens is 372 g/mol. The molecule has 0 amide bonds. The molecule has 0 aliphatic rings. The van der Waals surface area contributed by atoms with E-state index < -0.39 is 0 Å². The quantitative estimate of drug-likeness (QED) is 0.459. The van der Waals surface area contributed by atoms with Crippen molar-refractivity contribution in [2.24, 2.45) is 0 Å². The highest BCUT2D eigenvalue weighted by molar-refractivity contribution is 6.35. The van der Waals surface area contributed by atoms with E-state index in [1.54, 1.807) is 10.8 Å². The number of para-hydroxylation sites is 1. The Morgan fingerprint density at radius 3 is 2.71 bits per heavy atom. The minimum Gasteiger partial charge on any atom is -0.303 e. The van der Waals surface area contributed by atoms with E-state index in [9.17, 15) is 4.79 Å². The van der Waals surface area contributed by atoms with Crippen LogP contribution in [0.15, 0.2) is 77.9 Å². The Labute approximate surface area is 165 Å².